The number of carbonyl (C=O) groups excluding carboxylic acids is 1. The van der Waals surface area contributed by atoms with Gasteiger partial charge in [-0.05, 0) is 24.3 Å². The molecular formula is C15H13N3O3. The number of nitrogens with one attached hydrogen (secondary N) is 1. The van der Waals surface area contributed by atoms with E-state index >= 15 is 0 Å². The molecule has 106 valence electrons. The second-order valence-corrected chi connectivity index (χ2v) is 4.35. The van der Waals surface area contributed by atoms with Gasteiger partial charge in [0.2, 0.25) is 6.10 Å². The summed E-state index contributed by atoms with van der Waals surface area (Å²) in [6, 6.07) is 12.6. The molecule has 0 aliphatic carbocycles. The summed E-state index contributed by atoms with van der Waals surface area (Å²) in [5.41, 5.74) is 3.07. The molecule has 1 aromatic carbocycles. The Hall–Kier alpha value is -2.89. The molecule has 0 bridgehead atoms. The van der Waals surface area contributed by atoms with Crippen molar-refractivity contribution < 1.29 is 14.3 Å². The summed E-state index contributed by atoms with van der Waals surface area (Å²) in [5, 5.41) is 3.85. The molecule has 0 saturated heterocycles. The highest BCUT2D eigenvalue weighted by atomic mass is 16.6. The van der Waals surface area contributed by atoms with Gasteiger partial charge >= 0.3 is 0 Å². The number of amides is 1. The van der Waals surface area contributed by atoms with Crippen LogP contribution >= 0.6 is 0 Å². The van der Waals surface area contributed by atoms with Gasteiger partial charge in [-0.25, -0.2) is 5.43 Å². The maximum absolute atomic E-state index is 11.9. The number of carbonyl (C=O) groups is 1. The second-order valence-electron chi connectivity index (χ2n) is 4.35. The molecule has 1 aliphatic heterocycles. The normalized spacial score (nSPS) is 16.7. The maximum Gasteiger partial charge on any atom is 0.284 e. The first-order chi connectivity index (χ1) is 10.3. The van der Waals surface area contributed by atoms with E-state index in [1.807, 2.05) is 18.2 Å². The summed E-state index contributed by atoms with van der Waals surface area (Å²) < 4.78 is 11.0. The predicted molar refractivity (Wildman–Crippen MR) is 76.3 cm³/mol. The summed E-state index contributed by atoms with van der Waals surface area (Å²) in [6.07, 6.45) is 2.40. The van der Waals surface area contributed by atoms with Gasteiger partial charge in [-0.15, -0.1) is 0 Å². The van der Waals surface area contributed by atoms with Gasteiger partial charge in [0, 0.05) is 6.20 Å². The van der Waals surface area contributed by atoms with E-state index in [-0.39, 0.29) is 12.5 Å². The van der Waals surface area contributed by atoms with Gasteiger partial charge in [0.25, 0.3) is 5.91 Å². The van der Waals surface area contributed by atoms with E-state index in [1.54, 1.807) is 30.5 Å². The minimum absolute atomic E-state index is 0.155. The highest BCUT2D eigenvalue weighted by Crippen LogP contribution is 2.30. The lowest BCUT2D eigenvalue weighted by atomic mass is 10.2. The molecule has 6 nitrogen and oxygen atoms in total. The summed E-state index contributed by atoms with van der Waals surface area (Å²) in [6.45, 7) is 0.155. The van der Waals surface area contributed by atoms with Crippen molar-refractivity contribution in [3.8, 4) is 11.5 Å². The molecule has 1 aliphatic rings. The van der Waals surface area contributed by atoms with Gasteiger partial charge in [0.05, 0.1) is 11.9 Å². The SMILES string of the molecule is O=C(N/N=C\c1ccccn1)[C@H]1COc2ccccc2O1. The number of hydrogen-bond acceptors (Lipinski definition) is 5. The molecule has 2 heterocycles. The predicted octanol–water partition coefficient (Wildman–Crippen LogP) is 1.37. The Morgan fingerprint density at radius 3 is 2.86 bits per heavy atom. The Kier molecular flexibility index (Phi) is 3.77. The van der Waals surface area contributed by atoms with E-state index in [0.29, 0.717) is 17.2 Å². The molecule has 1 aromatic heterocycles. The zero-order chi connectivity index (χ0) is 14.5. The number of fused-ring (bicyclic) bond motifs is 1. The minimum Gasteiger partial charge on any atom is -0.485 e. The van der Waals surface area contributed by atoms with Gasteiger partial charge in [0.15, 0.2) is 11.5 Å². The van der Waals surface area contributed by atoms with Crippen molar-refractivity contribution in [1.82, 2.24) is 10.4 Å². The Morgan fingerprint density at radius 1 is 1.24 bits per heavy atom. The van der Waals surface area contributed by atoms with Crippen molar-refractivity contribution >= 4 is 12.1 Å². The number of benzene rings is 1. The fraction of sp³-hybridized carbons (Fsp3) is 0.133. The Balaban J connectivity index is 1.59. The highest BCUT2D eigenvalue weighted by Gasteiger charge is 2.26. The third-order valence-corrected chi connectivity index (χ3v) is 2.86. The molecule has 0 fully saturated rings. The Morgan fingerprint density at radius 2 is 2.05 bits per heavy atom. The lowest BCUT2D eigenvalue weighted by Gasteiger charge is -2.24. The molecule has 0 unspecified atom stereocenters. The van der Waals surface area contributed by atoms with Crippen LogP contribution in [0.3, 0.4) is 0 Å². The van der Waals surface area contributed by atoms with Gasteiger partial charge in [0.1, 0.15) is 6.61 Å². The fourth-order valence-corrected chi connectivity index (χ4v) is 1.84. The van der Waals surface area contributed by atoms with Crippen LogP contribution in [0.4, 0.5) is 0 Å². The molecule has 3 rings (SSSR count). The van der Waals surface area contributed by atoms with Gasteiger partial charge < -0.3 is 9.47 Å². The van der Waals surface area contributed by atoms with Crippen LogP contribution in [-0.2, 0) is 4.79 Å². The molecule has 1 amide bonds. The van der Waals surface area contributed by atoms with Crippen molar-refractivity contribution in [3.63, 3.8) is 0 Å². The maximum atomic E-state index is 11.9. The molecule has 2 aromatic rings. The van der Waals surface area contributed by atoms with Crippen LogP contribution < -0.4 is 14.9 Å². The van der Waals surface area contributed by atoms with Crippen LogP contribution in [0.25, 0.3) is 0 Å². The van der Waals surface area contributed by atoms with Crippen molar-refractivity contribution in [1.29, 1.82) is 0 Å². The number of aromatic nitrogens is 1. The summed E-state index contributed by atoms with van der Waals surface area (Å²) in [4.78, 5) is 16.0. The van der Waals surface area contributed by atoms with Crippen LogP contribution in [0.5, 0.6) is 11.5 Å². The van der Waals surface area contributed by atoms with Gasteiger partial charge in [-0.2, -0.15) is 5.10 Å². The van der Waals surface area contributed by atoms with E-state index in [0.717, 1.165) is 0 Å². The largest absolute Gasteiger partial charge is 0.485 e. The molecule has 6 heteroatoms. The minimum atomic E-state index is -0.721. The number of hydrazone groups is 1. The fourth-order valence-electron chi connectivity index (χ4n) is 1.84. The van der Waals surface area contributed by atoms with Crippen molar-refractivity contribution in [3.05, 3.63) is 54.4 Å². The van der Waals surface area contributed by atoms with Gasteiger partial charge in [-0.3, -0.25) is 9.78 Å². The van der Waals surface area contributed by atoms with Crippen LogP contribution in [0.15, 0.2) is 53.8 Å². The Labute approximate surface area is 121 Å². The highest BCUT2D eigenvalue weighted by molar-refractivity contribution is 5.84. The smallest absolute Gasteiger partial charge is 0.284 e. The first-order valence-electron chi connectivity index (χ1n) is 6.45. The quantitative estimate of drug-likeness (QED) is 0.682. The lowest BCUT2D eigenvalue weighted by Crippen LogP contribution is -2.42. The molecule has 1 N–H and O–H groups in total. The lowest BCUT2D eigenvalue weighted by molar-refractivity contribution is -0.130. The van der Waals surface area contributed by atoms with E-state index in [2.05, 4.69) is 15.5 Å². The molecule has 0 spiro atoms. The second kappa shape index (κ2) is 6.04. The first-order valence-corrected chi connectivity index (χ1v) is 6.45. The standard InChI is InChI=1S/C15H13N3O3/c19-15(18-17-9-11-5-3-4-8-16-11)14-10-20-12-6-1-2-7-13(12)21-14/h1-9,14H,10H2,(H,18,19)/b17-9-/t14-/m1/s1. The number of para-hydroxylation sites is 2. The van der Waals surface area contributed by atoms with Crippen LogP contribution in [0.1, 0.15) is 5.69 Å². The summed E-state index contributed by atoms with van der Waals surface area (Å²) in [7, 11) is 0. The Bertz CT molecular complexity index is 658. The number of nitrogens with zero attached hydrogens (tertiary/aromatic N) is 2. The van der Waals surface area contributed by atoms with Crippen LogP contribution in [0, 0.1) is 0 Å². The van der Waals surface area contributed by atoms with Crippen LogP contribution in [-0.4, -0.2) is 29.8 Å². The van der Waals surface area contributed by atoms with Crippen molar-refractivity contribution in [2.45, 2.75) is 6.10 Å². The monoisotopic (exact) mass is 283 g/mol. The number of hydrogen-bond donors (Lipinski definition) is 1. The van der Waals surface area contributed by atoms with Crippen molar-refractivity contribution in [2.75, 3.05) is 6.61 Å². The molecule has 1 atom stereocenters. The third kappa shape index (κ3) is 3.17. The number of rotatable bonds is 3. The number of pyridine rings is 1. The van der Waals surface area contributed by atoms with E-state index in [1.165, 1.54) is 6.21 Å². The van der Waals surface area contributed by atoms with E-state index < -0.39 is 6.10 Å². The number of ether oxygens (including phenoxy) is 2. The molecule has 0 saturated carbocycles. The summed E-state index contributed by atoms with van der Waals surface area (Å²) in [5.74, 6) is 0.827. The molecule has 0 radical (unpaired) electrons. The topological polar surface area (TPSA) is 72.8 Å². The van der Waals surface area contributed by atoms with Gasteiger partial charge in [-0.1, -0.05) is 18.2 Å². The molecule has 21 heavy (non-hydrogen) atoms. The van der Waals surface area contributed by atoms with Crippen LogP contribution in [0.2, 0.25) is 0 Å². The average molecular weight is 283 g/mol. The third-order valence-electron chi connectivity index (χ3n) is 2.86. The summed E-state index contributed by atoms with van der Waals surface area (Å²) >= 11 is 0. The molecular weight excluding hydrogens is 270 g/mol. The zero-order valence-corrected chi connectivity index (χ0v) is 11.1. The average Bonchev–Trinajstić information content (AvgIpc) is 2.55. The zero-order valence-electron chi connectivity index (χ0n) is 11.1. The van der Waals surface area contributed by atoms with Crippen molar-refractivity contribution in [2.24, 2.45) is 5.10 Å². The first kappa shape index (κ1) is 13.1. The van der Waals surface area contributed by atoms with E-state index in [4.69, 9.17) is 9.47 Å². The van der Waals surface area contributed by atoms with E-state index in [9.17, 15) is 4.79 Å².